The molecule has 1 N–H and O–H groups in total. The molecular formula is C26H22Cl3N3O4. The third kappa shape index (κ3) is 5.11. The lowest BCUT2D eigenvalue weighted by atomic mass is 9.89. The van der Waals surface area contributed by atoms with Gasteiger partial charge in [0, 0.05) is 34.5 Å². The summed E-state index contributed by atoms with van der Waals surface area (Å²) in [5.41, 5.74) is 2.18. The van der Waals surface area contributed by atoms with E-state index in [9.17, 15) is 9.59 Å². The summed E-state index contributed by atoms with van der Waals surface area (Å²) in [5, 5.41) is 4.28. The zero-order chi connectivity index (χ0) is 25.2. The monoisotopic (exact) mass is 545 g/mol. The Morgan fingerprint density at radius 2 is 1.58 bits per heavy atom. The summed E-state index contributed by atoms with van der Waals surface area (Å²) in [6.07, 6.45) is -0.798. The zero-order valence-corrected chi connectivity index (χ0v) is 21.3. The summed E-state index contributed by atoms with van der Waals surface area (Å²) in [6.45, 7) is 2.16. The molecule has 10 heteroatoms. The van der Waals surface area contributed by atoms with Gasteiger partial charge < -0.3 is 19.7 Å². The molecule has 3 amide bonds. The quantitative estimate of drug-likeness (QED) is 0.396. The van der Waals surface area contributed by atoms with Crippen LogP contribution in [0.25, 0.3) is 0 Å². The molecule has 2 saturated heterocycles. The number of hydrogen-bond donors (Lipinski definition) is 1. The van der Waals surface area contributed by atoms with Gasteiger partial charge in [-0.15, -0.1) is 0 Å². The number of nitrogens with zero attached hydrogens (tertiary/aromatic N) is 2. The molecule has 0 aromatic heterocycles. The van der Waals surface area contributed by atoms with Gasteiger partial charge in [-0.2, -0.15) is 0 Å². The van der Waals surface area contributed by atoms with Crippen LogP contribution >= 0.6 is 34.8 Å². The van der Waals surface area contributed by atoms with Crippen molar-refractivity contribution in [1.29, 1.82) is 0 Å². The molecule has 2 aliphatic heterocycles. The van der Waals surface area contributed by atoms with E-state index in [0.29, 0.717) is 58.5 Å². The molecule has 3 aromatic rings. The minimum absolute atomic E-state index is 0.175. The molecule has 0 spiro atoms. The Kier molecular flexibility index (Phi) is 7.25. The average molecular weight is 547 g/mol. The largest absolute Gasteiger partial charge is 0.476 e. The topological polar surface area (TPSA) is 71.1 Å². The fourth-order valence-corrected chi connectivity index (χ4v) is 4.81. The highest BCUT2D eigenvalue weighted by atomic mass is 35.5. The standard InChI is InChI=1S/C26H22Cl3N3O4/c27-17-3-8-20(9-4-17)32-23(24(25(32)33)36-22-10-5-18(28)15-21(22)29)16-1-6-19(7-2-16)30-26(34)31-11-13-35-14-12-31/h1-10,15,23-24H,11-14H2,(H,30,34)/t23-,24+/m1/s1. The van der Waals surface area contributed by atoms with Crippen LogP contribution in [0.5, 0.6) is 5.75 Å². The van der Waals surface area contributed by atoms with Gasteiger partial charge in [0.1, 0.15) is 11.8 Å². The van der Waals surface area contributed by atoms with Crippen molar-refractivity contribution in [2.45, 2.75) is 12.1 Å². The molecule has 0 saturated carbocycles. The number of carbonyl (C=O) groups excluding carboxylic acids is 2. The van der Waals surface area contributed by atoms with E-state index in [4.69, 9.17) is 44.3 Å². The minimum Gasteiger partial charge on any atom is -0.476 e. The number of morpholine rings is 1. The SMILES string of the molecule is O=C(Nc1ccc([C@@H]2[C@H](Oc3ccc(Cl)cc3Cl)C(=O)N2c2ccc(Cl)cc2)cc1)N1CCOCC1. The maximum Gasteiger partial charge on any atom is 0.321 e. The third-order valence-corrected chi connectivity index (χ3v) is 6.88. The van der Waals surface area contributed by atoms with Crippen LogP contribution < -0.4 is 15.0 Å². The van der Waals surface area contributed by atoms with Gasteiger partial charge in [-0.05, 0) is 60.2 Å². The van der Waals surface area contributed by atoms with E-state index in [1.54, 1.807) is 52.3 Å². The van der Waals surface area contributed by atoms with Gasteiger partial charge in [0.05, 0.1) is 18.2 Å². The first-order valence-electron chi connectivity index (χ1n) is 11.3. The molecule has 0 aliphatic carbocycles. The second-order valence-corrected chi connectivity index (χ2v) is 9.67. The second-order valence-electron chi connectivity index (χ2n) is 8.39. The molecule has 2 heterocycles. The molecule has 0 bridgehead atoms. The van der Waals surface area contributed by atoms with Gasteiger partial charge in [-0.1, -0.05) is 46.9 Å². The van der Waals surface area contributed by atoms with Crippen molar-refractivity contribution in [3.05, 3.63) is 87.4 Å². The molecule has 2 fully saturated rings. The Morgan fingerprint density at radius 1 is 0.917 bits per heavy atom. The molecule has 0 radical (unpaired) electrons. The fourth-order valence-electron chi connectivity index (χ4n) is 4.23. The first-order chi connectivity index (χ1) is 17.4. The summed E-state index contributed by atoms with van der Waals surface area (Å²) in [6, 6.07) is 18.7. The maximum atomic E-state index is 13.2. The van der Waals surface area contributed by atoms with Crippen molar-refractivity contribution in [3.63, 3.8) is 0 Å². The van der Waals surface area contributed by atoms with E-state index in [1.165, 1.54) is 0 Å². The van der Waals surface area contributed by atoms with Crippen LogP contribution in [0.4, 0.5) is 16.2 Å². The lowest BCUT2D eigenvalue weighted by Gasteiger charge is -2.46. The highest BCUT2D eigenvalue weighted by molar-refractivity contribution is 6.35. The fraction of sp³-hybridized carbons (Fsp3) is 0.231. The number of ether oxygens (including phenoxy) is 2. The van der Waals surface area contributed by atoms with Crippen molar-refractivity contribution < 1.29 is 19.1 Å². The van der Waals surface area contributed by atoms with Gasteiger partial charge in [0.15, 0.2) is 0 Å². The summed E-state index contributed by atoms with van der Waals surface area (Å²) < 4.78 is 11.4. The van der Waals surface area contributed by atoms with Crippen molar-refractivity contribution in [2.24, 2.45) is 0 Å². The molecule has 186 valence electrons. The molecule has 36 heavy (non-hydrogen) atoms. The molecular weight excluding hydrogens is 525 g/mol. The third-order valence-electron chi connectivity index (χ3n) is 6.10. The first-order valence-corrected chi connectivity index (χ1v) is 12.5. The number of amides is 3. The van der Waals surface area contributed by atoms with Crippen LogP contribution in [0, 0.1) is 0 Å². The summed E-state index contributed by atoms with van der Waals surface area (Å²) in [4.78, 5) is 29.1. The van der Waals surface area contributed by atoms with Crippen LogP contribution in [0.1, 0.15) is 11.6 Å². The lowest BCUT2D eigenvalue weighted by Crippen LogP contribution is -2.61. The Balaban J connectivity index is 1.39. The number of β-lactam (4-membered cyclic amide) rings is 1. The Bertz CT molecular complexity index is 1260. The normalized spacial score (nSPS) is 19.6. The number of nitrogens with one attached hydrogen (secondary N) is 1. The van der Waals surface area contributed by atoms with E-state index in [1.807, 2.05) is 24.3 Å². The number of benzene rings is 3. The minimum atomic E-state index is -0.798. The highest BCUT2D eigenvalue weighted by Gasteiger charge is 2.51. The van der Waals surface area contributed by atoms with Gasteiger partial charge >= 0.3 is 6.03 Å². The number of carbonyl (C=O) groups is 2. The molecule has 0 unspecified atom stereocenters. The average Bonchev–Trinajstić information content (AvgIpc) is 2.88. The highest BCUT2D eigenvalue weighted by Crippen LogP contribution is 2.43. The van der Waals surface area contributed by atoms with Crippen LogP contribution in [-0.2, 0) is 9.53 Å². The Hall–Kier alpha value is -2.97. The van der Waals surface area contributed by atoms with Crippen molar-refractivity contribution >= 4 is 58.1 Å². The molecule has 7 nitrogen and oxygen atoms in total. The molecule has 2 atom stereocenters. The first kappa shape index (κ1) is 24.7. The molecule has 5 rings (SSSR count). The van der Waals surface area contributed by atoms with Crippen LogP contribution in [0.3, 0.4) is 0 Å². The van der Waals surface area contributed by atoms with Gasteiger partial charge in [0.2, 0.25) is 6.10 Å². The van der Waals surface area contributed by atoms with E-state index >= 15 is 0 Å². The van der Waals surface area contributed by atoms with Crippen molar-refractivity contribution in [2.75, 3.05) is 36.5 Å². The smallest absolute Gasteiger partial charge is 0.321 e. The molecule has 2 aliphatic rings. The predicted molar refractivity (Wildman–Crippen MR) is 140 cm³/mol. The van der Waals surface area contributed by atoms with E-state index < -0.39 is 12.1 Å². The van der Waals surface area contributed by atoms with Gasteiger partial charge in [-0.3, -0.25) is 9.69 Å². The van der Waals surface area contributed by atoms with Gasteiger partial charge in [-0.25, -0.2) is 4.79 Å². The summed E-state index contributed by atoms with van der Waals surface area (Å²) >= 11 is 18.4. The molecule has 3 aromatic carbocycles. The van der Waals surface area contributed by atoms with E-state index in [2.05, 4.69) is 5.32 Å². The number of urea groups is 1. The van der Waals surface area contributed by atoms with E-state index in [-0.39, 0.29) is 11.9 Å². The zero-order valence-electron chi connectivity index (χ0n) is 19.0. The van der Waals surface area contributed by atoms with Crippen LogP contribution in [0.2, 0.25) is 15.1 Å². The van der Waals surface area contributed by atoms with Crippen LogP contribution in [-0.4, -0.2) is 49.2 Å². The number of rotatable bonds is 5. The van der Waals surface area contributed by atoms with Gasteiger partial charge in [0.25, 0.3) is 5.91 Å². The Labute approximate surface area is 223 Å². The van der Waals surface area contributed by atoms with E-state index in [0.717, 1.165) is 5.56 Å². The maximum absolute atomic E-state index is 13.2. The predicted octanol–water partition coefficient (Wildman–Crippen LogP) is 6.05. The second kappa shape index (κ2) is 10.6. The Morgan fingerprint density at radius 3 is 2.25 bits per heavy atom. The number of hydrogen-bond acceptors (Lipinski definition) is 4. The van der Waals surface area contributed by atoms with Crippen molar-refractivity contribution in [1.82, 2.24) is 4.90 Å². The number of halogens is 3. The summed E-state index contributed by atoms with van der Waals surface area (Å²) in [7, 11) is 0. The van der Waals surface area contributed by atoms with Crippen molar-refractivity contribution in [3.8, 4) is 5.75 Å². The number of anilines is 2. The lowest BCUT2D eigenvalue weighted by molar-refractivity contribution is -0.135. The van der Waals surface area contributed by atoms with Crippen LogP contribution in [0.15, 0.2) is 66.7 Å². The summed E-state index contributed by atoms with van der Waals surface area (Å²) in [5.74, 6) is 0.160.